The maximum absolute atomic E-state index is 12.3. The second kappa shape index (κ2) is 8.32. The van der Waals surface area contributed by atoms with Gasteiger partial charge in [0.05, 0.1) is 12.3 Å². The molecule has 1 aliphatic carbocycles. The first-order chi connectivity index (χ1) is 14.3. The molecule has 0 spiro atoms. The Bertz CT molecular complexity index is 852. The van der Waals surface area contributed by atoms with E-state index in [1.165, 1.54) is 24.8 Å². The summed E-state index contributed by atoms with van der Waals surface area (Å²) in [6.45, 7) is 8.24. The molecule has 1 N–H and O–H groups in total. The Labute approximate surface area is 181 Å². The van der Waals surface area contributed by atoms with Gasteiger partial charge < -0.3 is 14.7 Å². The first kappa shape index (κ1) is 21.3. The summed E-state index contributed by atoms with van der Waals surface area (Å²) in [5, 5.41) is 12.3. The maximum Gasteiger partial charge on any atom is 0.138 e. The van der Waals surface area contributed by atoms with Crippen LogP contribution in [0, 0.1) is 5.41 Å². The predicted molar refractivity (Wildman–Crippen MR) is 121 cm³/mol. The van der Waals surface area contributed by atoms with Gasteiger partial charge in [-0.25, -0.2) is 0 Å². The second-order valence-corrected chi connectivity index (χ2v) is 10.0. The molecule has 1 unspecified atom stereocenters. The second-order valence-electron chi connectivity index (χ2n) is 10.0. The van der Waals surface area contributed by atoms with E-state index in [9.17, 15) is 5.11 Å². The molecule has 1 aromatic carbocycles. The highest BCUT2D eigenvalue weighted by molar-refractivity contribution is 5.43. The third-order valence-electron chi connectivity index (χ3n) is 7.09. The molecular formula is C26H36N2O2. The number of likely N-dealkylation sites (tertiary alicyclic amines) is 1. The number of pyridine rings is 1. The summed E-state index contributed by atoms with van der Waals surface area (Å²) < 4.78 is 6.28. The summed E-state index contributed by atoms with van der Waals surface area (Å²) in [5.41, 5.74) is 1.63. The van der Waals surface area contributed by atoms with E-state index >= 15 is 0 Å². The Morgan fingerprint density at radius 2 is 1.73 bits per heavy atom. The van der Waals surface area contributed by atoms with Crippen molar-refractivity contribution in [3.63, 3.8) is 0 Å². The van der Waals surface area contributed by atoms with Crippen molar-refractivity contribution >= 4 is 0 Å². The fourth-order valence-electron chi connectivity index (χ4n) is 5.40. The molecule has 2 fully saturated rings. The number of aromatic nitrogens is 1. The highest BCUT2D eigenvalue weighted by atomic mass is 16.5. The molecule has 1 saturated heterocycles. The number of hydrogen-bond acceptors (Lipinski definition) is 4. The summed E-state index contributed by atoms with van der Waals surface area (Å²) in [7, 11) is 2.10. The van der Waals surface area contributed by atoms with Crippen LogP contribution in [0.2, 0.25) is 0 Å². The predicted octanol–water partition coefficient (Wildman–Crippen LogP) is 5.10. The summed E-state index contributed by atoms with van der Waals surface area (Å²) >= 11 is 0. The minimum absolute atomic E-state index is 0.264. The van der Waals surface area contributed by atoms with Gasteiger partial charge in [-0.15, -0.1) is 0 Å². The van der Waals surface area contributed by atoms with E-state index in [-0.39, 0.29) is 11.5 Å². The lowest BCUT2D eigenvalue weighted by molar-refractivity contribution is -0.127. The molecular weight excluding hydrogens is 372 g/mol. The number of ether oxygens (including phenoxy) is 1. The lowest BCUT2D eigenvalue weighted by Gasteiger charge is -2.55. The molecule has 2 aliphatic rings. The van der Waals surface area contributed by atoms with Crippen molar-refractivity contribution in [1.82, 2.24) is 9.88 Å². The average Bonchev–Trinajstić information content (AvgIpc) is 2.73. The zero-order chi connectivity index (χ0) is 21.4. The minimum Gasteiger partial charge on any atom is -0.489 e. The van der Waals surface area contributed by atoms with E-state index in [0.717, 1.165) is 42.8 Å². The molecule has 4 heteroatoms. The number of nitrogens with zero attached hydrogens (tertiary/aromatic N) is 2. The number of rotatable bonds is 6. The standard InChI is InChI=1S/C26H36N2O2/c1-19(2)20-10-12-21(13-11-20)26(29,25(3)17-28(4)18-25)22-14-24(16-27-15-22)30-23-8-6-5-7-9-23/h10-16,19,23,29H,5-9,17-18H2,1-4H3. The highest BCUT2D eigenvalue weighted by Gasteiger charge is 2.55. The van der Waals surface area contributed by atoms with Crippen molar-refractivity contribution in [1.29, 1.82) is 0 Å². The molecule has 1 aromatic heterocycles. The quantitative estimate of drug-likeness (QED) is 0.722. The average molecular weight is 409 g/mol. The van der Waals surface area contributed by atoms with Crippen LogP contribution < -0.4 is 4.74 Å². The van der Waals surface area contributed by atoms with Crippen molar-refractivity contribution in [3.05, 3.63) is 59.4 Å². The SMILES string of the molecule is CC(C)c1ccc(C(O)(c2cncc(OC3CCCCC3)c2)C2(C)CN(C)C2)cc1. The van der Waals surface area contributed by atoms with Crippen LogP contribution in [0.5, 0.6) is 5.75 Å². The van der Waals surface area contributed by atoms with Gasteiger partial charge in [0.15, 0.2) is 0 Å². The summed E-state index contributed by atoms with van der Waals surface area (Å²) in [6.07, 6.45) is 9.84. The molecule has 0 amide bonds. The van der Waals surface area contributed by atoms with Crippen LogP contribution in [0.15, 0.2) is 42.7 Å². The van der Waals surface area contributed by atoms with Crippen LogP contribution in [0.1, 0.15) is 75.5 Å². The minimum atomic E-state index is -1.12. The van der Waals surface area contributed by atoms with Gasteiger partial charge in [-0.05, 0) is 55.8 Å². The molecule has 2 heterocycles. The van der Waals surface area contributed by atoms with Gasteiger partial charge in [0.2, 0.25) is 0 Å². The lowest BCUT2D eigenvalue weighted by Crippen LogP contribution is -2.63. The monoisotopic (exact) mass is 408 g/mol. The Balaban J connectivity index is 1.70. The summed E-state index contributed by atoms with van der Waals surface area (Å²) in [5.74, 6) is 1.24. The summed E-state index contributed by atoms with van der Waals surface area (Å²) in [6, 6.07) is 10.5. The first-order valence-corrected chi connectivity index (χ1v) is 11.5. The van der Waals surface area contributed by atoms with Gasteiger partial charge in [-0.2, -0.15) is 0 Å². The molecule has 0 radical (unpaired) electrons. The van der Waals surface area contributed by atoms with Gasteiger partial charge in [0.1, 0.15) is 11.4 Å². The van der Waals surface area contributed by atoms with Gasteiger partial charge in [-0.1, -0.05) is 51.5 Å². The van der Waals surface area contributed by atoms with E-state index in [4.69, 9.17) is 4.74 Å². The van der Waals surface area contributed by atoms with Gasteiger partial charge in [0, 0.05) is 30.3 Å². The summed E-state index contributed by atoms with van der Waals surface area (Å²) in [4.78, 5) is 6.73. The van der Waals surface area contributed by atoms with Crippen LogP contribution in [-0.2, 0) is 5.60 Å². The van der Waals surface area contributed by atoms with Crippen molar-refractivity contribution in [2.75, 3.05) is 20.1 Å². The van der Waals surface area contributed by atoms with E-state index in [1.807, 2.05) is 12.3 Å². The molecule has 30 heavy (non-hydrogen) atoms. The van der Waals surface area contributed by atoms with Crippen LogP contribution in [0.4, 0.5) is 0 Å². The third kappa shape index (κ3) is 3.88. The van der Waals surface area contributed by atoms with Crippen molar-refractivity contribution < 1.29 is 9.84 Å². The van der Waals surface area contributed by atoms with Crippen LogP contribution in [0.3, 0.4) is 0 Å². The highest BCUT2D eigenvalue weighted by Crippen LogP contribution is 2.50. The van der Waals surface area contributed by atoms with Crippen LogP contribution >= 0.6 is 0 Å². The smallest absolute Gasteiger partial charge is 0.138 e. The topological polar surface area (TPSA) is 45.6 Å². The molecule has 1 aliphatic heterocycles. The number of benzene rings is 1. The molecule has 1 atom stereocenters. The van der Waals surface area contributed by atoms with E-state index < -0.39 is 5.60 Å². The molecule has 4 nitrogen and oxygen atoms in total. The van der Waals surface area contributed by atoms with Crippen molar-refractivity contribution in [2.45, 2.75) is 70.5 Å². The van der Waals surface area contributed by atoms with E-state index in [0.29, 0.717) is 5.92 Å². The van der Waals surface area contributed by atoms with Crippen molar-refractivity contribution in [2.24, 2.45) is 5.41 Å². The van der Waals surface area contributed by atoms with Gasteiger partial charge >= 0.3 is 0 Å². The molecule has 0 bridgehead atoms. The zero-order valence-electron chi connectivity index (χ0n) is 18.9. The lowest BCUT2D eigenvalue weighted by atomic mass is 9.62. The fourth-order valence-corrected chi connectivity index (χ4v) is 5.40. The molecule has 1 saturated carbocycles. The Hall–Kier alpha value is -1.91. The first-order valence-electron chi connectivity index (χ1n) is 11.5. The Kier molecular flexibility index (Phi) is 5.91. The normalized spacial score (nSPS) is 21.8. The van der Waals surface area contributed by atoms with E-state index in [1.54, 1.807) is 6.20 Å². The van der Waals surface area contributed by atoms with Gasteiger partial charge in [0.25, 0.3) is 0 Å². The molecule has 2 aromatic rings. The fraction of sp³-hybridized carbons (Fsp3) is 0.577. The third-order valence-corrected chi connectivity index (χ3v) is 7.09. The Morgan fingerprint density at radius 1 is 1.07 bits per heavy atom. The number of aliphatic hydroxyl groups is 1. The number of hydrogen-bond donors (Lipinski definition) is 1. The van der Waals surface area contributed by atoms with Gasteiger partial charge in [-0.3, -0.25) is 4.98 Å². The maximum atomic E-state index is 12.3. The van der Waals surface area contributed by atoms with Crippen LogP contribution in [0.25, 0.3) is 0 Å². The van der Waals surface area contributed by atoms with E-state index in [2.05, 4.69) is 62.0 Å². The Morgan fingerprint density at radius 3 is 2.33 bits per heavy atom. The largest absolute Gasteiger partial charge is 0.489 e. The zero-order valence-corrected chi connectivity index (χ0v) is 18.9. The van der Waals surface area contributed by atoms with Crippen LogP contribution in [-0.4, -0.2) is 41.2 Å². The molecule has 162 valence electrons. The molecule has 4 rings (SSSR count). The van der Waals surface area contributed by atoms with Crippen molar-refractivity contribution in [3.8, 4) is 5.75 Å².